The van der Waals surface area contributed by atoms with Gasteiger partial charge in [-0.2, -0.15) is 0 Å². The van der Waals surface area contributed by atoms with E-state index in [1.807, 2.05) is 32.0 Å². The molecule has 0 fully saturated rings. The molecule has 0 aromatic heterocycles. The van der Waals surface area contributed by atoms with Crippen molar-refractivity contribution in [3.63, 3.8) is 0 Å². The summed E-state index contributed by atoms with van der Waals surface area (Å²) in [5.41, 5.74) is 2.59. The number of benzene rings is 3. The highest BCUT2D eigenvalue weighted by Gasteiger charge is 2.10. The molecule has 160 valence electrons. The maximum absolute atomic E-state index is 12.5. The fourth-order valence-electron chi connectivity index (χ4n) is 2.76. The second-order valence-corrected chi connectivity index (χ2v) is 7.12. The number of carbonyl (C=O) groups is 2. The van der Waals surface area contributed by atoms with Crippen molar-refractivity contribution in [2.24, 2.45) is 0 Å². The zero-order valence-corrected chi connectivity index (χ0v) is 18.0. The second-order valence-electron chi connectivity index (χ2n) is 6.71. The standard InChI is InChI=1S/C24H23ClN2O4/c1-3-30-22-7-5-4-6-21(22)27-24(29)17-9-12-19(13-10-17)31-15-23(28)26-18-11-8-16(2)20(25)14-18/h4-14H,3,15H2,1-2H3,(H,26,28)(H,27,29). The number of carbonyl (C=O) groups excluding carboxylic acids is 2. The van der Waals surface area contributed by atoms with Crippen LogP contribution >= 0.6 is 11.6 Å². The first kappa shape index (κ1) is 22.2. The second kappa shape index (κ2) is 10.5. The topological polar surface area (TPSA) is 76.7 Å². The lowest BCUT2D eigenvalue weighted by Crippen LogP contribution is -2.20. The molecule has 2 N–H and O–H groups in total. The Labute approximate surface area is 186 Å². The van der Waals surface area contributed by atoms with Crippen molar-refractivity contribution in [2.75, 3.05) is 23.8 Å². The van der Waals surface area contributed by atoms with Crippen molar-refractivity contribution < 1.29 is 19.1 Å². The first-order valence-corrected chi connectivity index (χ1v) is 10.2. The highest BCUT2D eigenvalue weighted by Crippen LogP contribution is 2.24. The van der Waals surface area contributed by atoms with Gasteiger partial charge in [0.15, 0.2) is 6.61 Å². The van der Waals surface area contributed by atoms with Gasteiger partial charge in [0.25, 0.3) is 11.8 Å². The molecule has 0 unspecified atom stereocenters. The lowest BCUT2D eigenvalue weighted by molar-refractivity contribution is -0.118. The molecule has 7 heteroatoms. The molecule has 0 aliphatic heterocycles. The van der Waals surface area contributed by atoms with E-state index >= 15 is 0 Å². The average Bonchev–Trinajstić information content (AvgIpc) is 2.77. The van der Waals surface area contributed by atoms with Gasteiger partial charge in [-0.05, 0) is 67.9 Å². The van der Waals surface area contributed by atoms with Crippen molar-refractivity contribution in [3.05, 3.63) is 82.9 Å². The van der Waals surface area contributed by atoms with E-state index in [9.17, 15) is 9.59 Å². The Bertz CT molecular complexity index is 1070. The number of hydrogen-bond donors (Lipinski definition) is 2. The third-order valence-electron chi connectivity index (χ3n) is 4.38. The van der Waals surface area contributed by atoms with Crippen LogP contribution in [0.4, 0.5) is 11.4 Å². The van der Waals surface area contributed by atoms with Gasteiger partial charge in [-0.15, -0.1) is 0 Å². The average molecular weight is 439 g/mol. The van der Waals surface area contributed by atoms with E-state index in [0.29, 0.717) is 40.1 Å². The number of hydrogen-bond acceptors (Lipinski definition) is 4. The van der Waals surface area contributed by atoms with Crippen molar-refractivity contribution in [3.8, 4) is 11.5 Å². The lowest BCUT2D eigenvalue weighted by Gasteiger charge is -2.12. The Balaban J connectivity index is 1.54. The van der Waals surface area contributed by atoms with Gasteiger partial charge in [0.2, 0.25) is 0 Å². The van der Waals surface area contributed by atoms with E-state index < -0.39 is 0 Å². The minimum absolute atomic E-state index is 0.168. The van der Waals surface area contributed by atoms with E-state index in [0.717, 1.165) is 5.56 Å². The van der Waals surface area contributed by atoms with Crippen molar-refractivity contribution in [1.29, 1.82) is 0 Å². The van der Waals surface area contributed by atoms with Gasteiger partial charge in [-0.25, -0.2) is 0 Å². The summed E-state index contributed by atoms with van der Waals surface area (Å²) in [5.74, 6) is 0.504. The normalized spacial score (nSPS) is 10.3. The van der Waals surface area contributed by atoms with Crippen molar-refractivity contribution >= 4 is 34.8 Å². The fraction of sp³-hybridized carbons (Fsp3) is 0.167. The minimum atomic E-state index is -0.311. The zero-order chi connectivity index (χ0) is 22.2. The van der Waals surface area contributed by atoms with E-state index in [4.69, 9.17) is 21.1 Å². The van der Waals surface area contributed by atoms with Crippen LogP contribution in [-0.2, 0) is 4.79 Å². The molecule has 0 radical (unpaired) electrons. The first-order valence-electron chi connectivity index (χ1n) is 9.78. The Morgan fingerprint density at radius 1 is 0.935 bits per heavy atom. The maximum atomic E-state index is 12.5. The lowest BCUT2D eigenvalue weighted by atomic mass is 10.2. The van der Waals surface area contributed by atoms with Crippen LogP contribution in [0.25, 0.3) is 0 Å². The van der Waals surface area contributed by atoms with Crippen LogP contribution in [-0.4, -0.2) is 25.0 Å². The Kier molecular flexibility index (Phi) is 7.51. The molecule has 0 heterocycles. The molecule has 31 heavy (non-hydrogen) atoms. The molecule has 3 rings (SSSR count). The molecule has 0 bridgehead atoms. The summed E-state index contributed by atoms with van der Waals surface area (Å²) in [5, 5.41) is 6.15. The molecule has 0 saturated heterocycles. The predicted octanol–water partition coefficient (Wildman–Crippen LogP) is 5.32. The third kappa shape index (κ3) is 6.23. The van der Waals surface area contributed by atoms with E-state index in [2.05, 4.69) is 10.6 Å². The van der Waals surface area contributed by atoms with Gasteiger partial charge in [-0.1, -0.05) is 29.8 Å². The van der Waals surface area contributed by atoms with Crippen molar-refractivity contribution in [2.45, 2.75) is 13.8 Å². The fourth-order valence-corrected chi connectivity index (χ4v) is 2.95. The molecular weight excluding hydrogens is 416 g/mol. The van der Waals surface area contributed by atoms with Crippen LogP contribution in [0.15, 0.2) is 66.7 Å². The molecular formula is C24H23ClN2O4. The molecule has 3 aromatic carbocycles. The maximum Gasteiger partial charge on any atom is 0.262 e. The van der Waals surface area contributed by atoms with Gasteiger partial charge >= 0.3 is 0 Å². The van der Waals surface area contributed by atoms with Gasteiger partial charge in [0.1, 0.15) is 11.5 Å². The summed E-state index contributed by atoms with van der Waals surface area (Å²) in [7, 11) is 0. The number of nitrogens with one attached hydrogen (secondary N) is 2. The SMILES string of the molecule is CCOc1ccccc1NC(=O)c1ccc(OCC(=O)Nc2ccc(C)c(Cl)c2)cc1. The van der Waals surface area contributed by atoms with Crippen LogP contribution in [0.2, 0.25) is 5.02 Å². The van der Waals surface area contributed by atoms with Crippen LogP contribution in [0.3, 0.4) is 0 Å². The minimum Gasteiger partial charge on any atom is -0.492 e. The molecule has 0 aliphatic carbocycles. The summed E-state index contributed by atoms with van der Waals surface area (Å²) < 4.78 is 11.0. The smallest absolute Gasteiger partial charge is 0.262 e. The van der Waals surface area contributed by atoms with Crippen molar-refractivity contribution in [1.82, 2.24) is 0 Å². The monoisotopic (exact) mass is 438 g/mol. The van der Waals surface area contributed by atoms with Gasteiger partial charge in [-0.3, -0.25) is 9.59 Å². The first-order chi connectivity index (χ1) is 15.0. The van der Waals surface area contributed by atoms with Gasteiger partial charge in [0, 0.05) is 16.3 Å². The zero-order valence-electron chi connectivity index (χ0n) is 17.3. The Morgan fingerprint density at radius 2 is 1.68 bits per heavy atom. The summed E-state index contributed by atoms with van der Waals surface area (Å²) in [6.45, 7) is 4.11. The predicted molar refractivity (Wildman–Crippen MR) is 122 cm³/mol. The third-order valence-corrected chi connectivity index (χ3v) is 4.78. The highest BCUT2D eigenvalue weighted by molar-refractivity contribution is 6.31. The number of rotatable bonds is 8. The van der Waals surface area contributed by atoms with E-state index in [1.54, 1.807) is 48.5 Å². The largest absolute Gasteiger partial charge is 0.492 e. The number of ether oxygens (including phenoxy) is 2. The number of amides is 2. The molecule has 6 nitrogen and oxygen atoms in total. The molecule has 0 saturated carbocycles. The summed E-state index contributed by atoms with van der Waals surface area (Å²) >= 11 is 6.06. The number of aryl methyl sites for hydroxylation is 1. The van der Waals surface area contributed by atoms with Crippen LogP contribution in [0.5, 0.6) is 11.5 Å². The molecule has 0 aliphatic rings. The summed E-state index contributed by atoms with van der Waals surface area (Å²) in [6.07, 6.45) is 0. The van der Waals surface area contributed by atoms with E-state index in [-0.39, 0.29) is 18.4 Å². The molecule has 0 spiro atoms. The van der Waals surface area contributed by atoms with Gasteiger partial charge in [0.05, 0.1) is 12.3 Å². The molecule has 3 aromatic rings. The Hall–Kier alpha value is -3.51. The number of anilines is 2. The van der Waals surface area contributed by atoms with Gasteiger partial charge < -0.3 is 20.1 Å². The highest BCUT2D eigenvalue weighted by atomic mass is 35.5. The van der Waals surface area contributed by atoms with Crippen LogP contribution in [0, 0.1) is 6.92 Å². The summed E-state index contributed by atoms with van der Waals surface area (Å²) in [6, 6.07) is 19.1. The summed E-state index contributed by atoms with van der Waals surface area (Å²) in [4.78, 5) is 24.6. The number of halogens is 1. The number of para-hydroxylation sites is 2. The molecule has 0 atom stereocenters. The van der Waals surface area contributed by atoms with E-state index in [1.165, 1.54) is 0 Å². The molecule has 2 amide bonds. The van der Waals surface area contributed by atoms with Crippen LogP contribution < -0.4 is 20.1 Å². The van der Waals surface area contributed by atoms with Crippen LogP contribution in [0.1, 0.15) is 22.8 Å². The Morgan fingerprint density at radius 3 is 2.39 bits per heavy atom. The quantitative estimate of drug-likeness (QED) is 0.499.